The highest BCUT2D eigenvalue weighted by molar-refractivity contribution is 6.04. The number of benzene rings is 3. The maximum atomic E-state index is 14.8. The predicted octanol–water partition coefficient (Wildman–Crippen LogP) is 5.13. The number of fused-ring (bicyclic) bond motifs is 5. The number of likely N-dealkylation sites (N-methyl/N-ethyl adjacent to an activating group) is 1. The number of amides is 2. The minimum atomic E-state index is -1.35. The Morgan fingerprint density at radius 2 is 1.57 bits per heavy atom. The first-order valence-corrected chi connectivity index (χ1v) is 22.5. The minimum Gasteiger partial charge on any atom is -0.492 e. The van der Waals surface area contributed by atoms with Crippen molar-refractivity contribution in [2.24, 2.45) is 29.0 Å². The van der Waals surface area contributed by atoms with Crippen molar-refractivity contribution in [3.05, 3.63) is 99.1 Å². The van der Waals surface area contributed by atoms with Gasteiger partial charge in [-0.25, -0.2) is 4.98 Å². The number of carbonyl (C=O) groups is 5. The summed E-state index contributed by atoms with van der Waals surface area (Å²) in [7, 11) is 1.41. The van der Waals surface area contributed by atoms with Gasteiger partial charge in [0, 0.05) is 80.4 Å². The largest absolute Gasteiger partial charge is 0.492 e. The summed E-state index contributed by atoms with van der Waals surface area (Å²) in [4.78, 5) is 88.3. The number of pyridine rings is 1. The topological polar surface area (TPSA) is 303 Å². The van der Waals surface area contributed by atoms with Gasteiger partial charge in [0.2, 0.25) is 11.8 Å². The van der Waals surface area contributed by atoms with Gasteiger partial charge in [-0.3, -0.25) is 34.1 Å². The van der Waals surface area contributed by atoms with Crippen LogP contribution >= 0.6 is 0 Å². The zero-order chi connectivity index (χ0) is 49.9. The van der Waals surface area contributed by atoms with Gasteiger partial charge in [-0.05, 0) is 65.8 Å². The first-order chi connectivity index (χ1) is 32.3. The molecule has 68 heavy (non-hydrogen) atoms. The highest BCUT2D eigenvalue weighted by Crippen LogP contribution is 2.41. The highest BCUT2D eigenvalue weighted by atomic mass is 16.6. The van der Waals surface area contributed by atoms with E-state index in [0.29, 0.717) is 39.3 Å². The molecule has 4 atom stereocenters. The van der Waals surface area contributed by atoms with Crippen molar-refractivity contribution in [1.29, 1.82) is 5.26 Å². The monoisotopic (exact) mass is 931 g/mol. The zero-order valence-corrected chi connectivity index (χ0v) is 39.2. The smallest absolute Gasteiger partial charge is 0.296 e. The summed E-state index contributed by atoms with van der Waals surface area (Å²) in [5.41, 5.74) is 26.5. The lowest BCUT2D eigenvalue weighted by atomic mass is 9.86. The number of nitrogen functional groups attached to an aromatic ring is 1. The average molecular weight is 932 g/mol. The molecule has 0 radical (unpaired) electrons. The maximum absolute atomic E-state index is 14.8. The molecule has 0 unspecified atom stereocenters. The van der Waals surface area contributed by atoms with E-state index in [-0.39, 0.29) is 93.2 Å². The van der Waals surface area contributed by atoms with Gasteiger partial charge in [0.15, 0.2) is 23.0 Å². The Morgan fingerprint density at radius 1 is 0.941 bits per heavy atom. The number of hydrogen-bond donors (Lipinski definition) is 5. The summed E-state index contributed by atoms with van der Waals surface area (Å²) in [6.45, 7) is 8.21. The number of nitrogens with one attached hydrogen (secondary N) is 1. The van der Waals surface area contributed by atoms with Crippen molar-refractivity contribution < 1.29 is 38.4 Å². The molecular formula is C50H61N9O9. The highest BCUT2D eigenvalue weighted by Gasteiger charge is 2.37. The molecule has 3 aromatic carbocycles. The molecule has 5 rings (SSSR count). The maximum Gasteiger partial charge on any atom is 0.296 e. The van der Waals surface area contributed by atoms with E-state index in [1.807, 2.05) is 39.0 Å². The van der Waals surface area contributed by atoms with Gasteiger partial charge in [0.05, 0.1) is 22.6 Å². The van der Waals surface area contributed by atoms with E-state index in [9.17, 15) is 39.3 Å². The molecule has 1 aliphatic heterocycles. The van der Waals surface area contributed by atoms with Gasteiger partial charge in [0.1, 0.15) is 36.6 Å². The zero-order valence-electron chi connectivity index (χ0n) is 39.2. The van der Waals surface area contributed by atoms with E-state index in [0.717, 1.165) is 11.6 Å². The quantitative estimate of drug-likeness (QED) is 0.0491. The van der Waals surface area contributed by atoms with Crippen LogP contribution < -0.4 is 37.7 Å². The number of ketones is 3. The number of nitro groups is 1. The van der Waals surface area contributed by atoms with Crippen molar-refractivity contribution in [2.45, 2.75) is 83.7 Å². The van der Waals surface area contributed by atoms with Crippen molar-refractivity contribution in [1.82, 2.24) is 15.2 Å². The number of nitrogens with zero attached hydrogens (tertiary/aromatic N) is 4. The Balaban J connectivity index is 1.59. The van der Waals surface area contributed by atoms with Crippen molar-refractivity contribution >= 4 is 40.7 Å². The van der Waals surface area contributed by atoms with Crippen LogP contribution in [-0.2, 0) is 31.0 Å². The number of aromatic nitrogens is 1. The molecule has 2 heterocycles. The van der Waals surface area contributed by atoms with E-state index in [1.54, 1.807) is 48.5 Å². The van der Waals surface area contributed by atoms with Crippen molar-refractivity contribution in [2.75, 3.05) is 45.6 Å². The Hall–Kier alpha value is -7.07. The van der Waals surface area contributed by atoms with Gasteiger partial charge in [-0.2, -0.15) is 5.26 Å². The molecule has 0 fully saturated rings. The Labute approximate surface area is 395 Å². The Bertz CT molecular complexity index is 2570. The third kappa shape index (κ3) is 12.5. The standard InChI is InChI=1S/C50H61N9O9/c1-29-23-42(62)46(58(5)49(64)33(16-18-52)27-41(61)37-28-39(59(65)66)45(57-47(37)55)31-9-12-34(13-10-31)50(2,3)4)32-11-15-44(68-22-20-54)36(26-32)35-24-30(8-14-43(35)67-21-19-53)25-38(56-48(29)63)40(60)7-6-17-51/h8-15,24,26,28-29,33,38,46H,6-7,16,18-23,25,27,52-54H2,1-5H3,(H2,55,57)(H,56,63)/t29-,33-,38+,46+/m1/s1. The fraction of sp³-hybridized carbons (Fsp3) is 0.420. The molecular weight excluding hydrogens is 871 g/mol. The van der Waals surface area contributed by atoms with Crippen LogP contribution in [0.5, 0.6) is 11.5 Å². The summed E-state index contributed by atoms with van der Waals surface area (Å²) in [6.07, 6.45) is -0.997. The second-order valence-corrected chi connectivity index (χ2v) is 17.9. The normalized spacial score (nSPS) is 16.7. The second-order valence-electron chi connectivity index (χ2n) is 17.9. The molecule has 18 heteroatoms. The van der Waals surface area contributed by atoms with Gasteiger partial charge in [0.25, 0.3) is 5.69 Å². The second kappa shape index (κ2) is 23.1. The minimum absolute atomic E-state index is 0.0186. The first-order valence-electron chi connectivity index (χ1n) is 22.5. The van der Waals surface area contributed by atoms with E-state index in [2.05, 4.69) is 10.3 Å². The number of hydrogen-bond acceptors (Lipinski definition) is 15. The summed E-state index contributed by atoms with van der Waals surface area (Å²) in [5, 5.41) is 24.5. The lowest BCUT2D eigenvalue weighted by molar-refractivity contribution is -0.384. The third-order valence-corrected chi connectivity index (χ3v) is 11.9. The molecule has 1 aliphatic rings. The molecule has 0 saturated heterocycles. The molecule has 9 N–H and O–H groups in total. The number of ether oxygens (including phenoxy) is 2. The van der Waals surface area contributed by atoms with Crippen LogP contribution in [-0.4, -0.2) is 89.9 Å². The number of rotatable bonds is 18. The predicted molar refractivity (Wildman–Crippen MR) is 256 cm³/mol. The average Bonchev–Trinajstić information content (AvgIpc) is 3.30. The van der Waals surface area contributed by atoms with Crippen molar-refractivity contribution in [3.63, 3.8) is 0 Å². The SMILES string of the molecule is C[C@@H]1CC(=O)[C@@H](N(C)C(=O)[C@H](CCN)CC(=O)c2cc([N+](=O)[O-])c(-c3ccc(C(C)(C)C)cc3)nc2N)c2ccc(OCCN)c(c2)-c2cc(ccc2OCCN)C[C@@H](C(=O)CCC#N)NC1=O. The number of Topliss-reactive ketones (excluding diaryl/α,β-unsaturated/α-hetero) is 3. The van der Waals surface area contributed by atoms with Crippen LogP contribution in [0.15, 0.2) is 66.7 Å². The Morgan fingerprint density at radius 3 is 2.16 bits per heavy atom. The van der Waals surface area contributed by atoms with Crippen LogP contribution in [0.25, 0.3) is 22.4 Å². The van der Waals surface area contributed by atoms with Crippen molar-refractivity contribution in [3.8, 4) is 40.0 Å². The van der Waals surface area contributed by atoms with Crippen LogP contribution in [0, 0.1) is 33.3 Å². The molecule has 4 bridgehead atoms. The lowest BCUT2D eigenvalue weighted by Crippen LogP contribution is -2.46. The van der Waals surface area contributed by atoms with Crippen LogP contribution in [0.1, 0.15) is 92.9 Å². The Kier molecular flexibility index (Phi) is 17.6. The number of anilines is 1. The molecule has 0 spiro atoms. The van der Waals surface area contributed by atoms with Crippen LogP contribution in [0.2, 0.25) is 0 Å². The van der Waals surface area contributed by atoms with Crippen LogP contribution in [0.4, 0.5) is 11.5 Å². The van der Waals surface area contributed by atoms with E-state index in [4.69, 9.17) is 32.4 Å². The number of nitrogens with two attached hydrogens (primary N) is 4. The first kappa shape index (κ1) is 51.9. The fourth-order valence-corrected chi connectivity index (χ4v) is 8.20. The van der Waals surface area contributed by atoms with E-state index in [1.165, 1.54) is 18.9 Å². The molecule has 0 aliphatic carbocycles. The summed E-state index contributed by atoms with van der Waals surface area (Å²) in [5.74, 6) is -4.50. The molecule has 1 aromatic heterocycles. The molecule has 2 amide bonds. The van der Waals surface area contributed by atoms with E-state index < -0.39 is 64.3 Å². The molecule has 360 valence electrons. The molecule has 18 nitrogen and oxygen atoms in total. The van der Waals surface area contributed by atoms with Gasteiger partial charge < -0.3 is 42.6 Å². The van der Waals surface area contributed by atoms with E-state index >= 15 is 0 Å². The lowest BCUT2D eigenvalue weighted by Gasteiger charge is -2.32. The number of carbonyl (C=O) groups excluding carboxylic acids is 5. The fourth-order valence-electron chi connectivity index (χ4n) is 8.20. The summed E-state index contributed by atoms with van der Waals surface area (Å²) < 4.78 is 12.2. The molecule has 4 aromatic rings. The van der Waals surface area contributed by atoms with Gasteiger partial charge >= 0.3 is 0 Å². The summed E-state index contributed by atoms with van der Waals surface area (Å²) >= 11 is 0. The number of nitriles is 1. The van der Waals surface area contributed by atoms with Gasteiger partial charge in [-0.1, -0.05) is 64.1 Å². The van der Waals surface area contributed by atoms with Gasteiger partial charge in [-0.15, -0.1) is 0 Å². The molecule has 0 saturated carbocycles. The van der Waals surface area contributed by atoms with Crippen LogP contribution in [0.3, 0.4) is 0 Å². The third-order valence-electron chi connectivity index (χ3n) is 11.9. The summed E-state index contributed by atoms with van der Waals surface area (Å²) in [6, 6.07) is 17.9.